The number of nitrogens with zero attached hydrogens (tertiary/aromatic N) is 1. The Labute approximate surface area is 166 Å². The van der Waals surface area contributed by atoms with Crippen molar-refractivity contribution in [1.29, 1.82) is 0 Å². The number of aryl methyl sites for hydroxylation is 1. The van der Waals surface area contributed by atoms with Crippen LogP contribution in [0, 0.1) is 6.92 Å². The summed E-state index contributed by atoms with van der Waals surface area (Å²) < 4.78 is 0. The lowest BCUT2D eigenvalue weighted by Gasteiger charge is -2.16. The van der Waals surface area contributed by atoms with E-state index in [1.165, 1.54) is 11.3 Å². The van der Waals surface area contributed by atoms with E-state index in [-0.39, 0.29) is 6.42 Å². The van der Waals surface area contributed by atoms with Crippen molar-refractivity contribution in [3.05, 3.63) is 76.1 Å². The number of benzene rings is 2. The number of primary amides is 1. The molecular formula is C21H19N3O3S. The normalized spacial score (nSPS) is 11.6. The first-order chi connectivity index (χ1) is 13.5. The second kappa shape index (κ2) is 8.58. The van der Waals surface area contributed by atoms with Crippen molar-refractivity contribution in [1.82, 2.24) is 10.3 Å². The van der Waals surface area contributed by atoms with E-state index in [1.807, 2.05) is 67.6 Å². The van der Waals surface area contributed by atoms with Gasteiger partial charge in [-0.05, 0) is 12.5 Å². The monoisotopic (exact) mass is 393 g/mol. The third-order valence-corrected chi connectivity index (χ3v) is 5.10. The van der Waals surface area contributed by atoms with Gasteiger partial charge in [0.05, 0.1) is 10.7 Å². The third-order valence-electron chi connectivity index (χ3n) is 4.13. The zero-order valence-corrected chi connectivity index (χ0v) is 16.0. The fourth-order valence-electron chi connectivity index (χ4n) is 2.83. The van der Waals surface area contributed by atoms with Crippen LogP contribution in [0.4, 0.5) is 0 Å². The molecule has 0 aliphatic carbocycles. The molecule has 3 N–H and O–H groups in total. The molecule has 142 valence electrons. The van der Waals surface area contributed by atoms with E-state index >= 15 is 0 Å². The minimum Gasteiger partial charge on any atom is -0.363 e. The van der Waals surface area contributed by atoms with Crippen LogP contribution in [0.2, 0.25) is 0 Å². The van der Waals surface area contributed by atoms with Crippen LogP contribution in [-0.4, -0.2) is 28.6 Å². The summed E-state index contributed by atoms with van der Waals surface area (Å²) in [6.45, 7) is 1.81. The van der Waals surface area contributed by atoms with Crippen molar-refractivity contribution in [2.45, 2.75) is 19.4 Å². The molecule has 1 atom stereocenters. The van der Waals surface area contributed by atoms with Crippen molar-refractivity contribution < 1.29 is 14.4 Å². The lowest BCUT2D eigenvalue weighted by Crippen LogP contribution is -2.47. The molecule has 28 heavy (non-hydrogen) atoms. The summed E-state index contributed by atoms with van der Waals surface area (Å²) in [5.41, 5.74) is 7.34. The second-order valence-corrected chi connectivity index (χ2v) is 7.42. The molecule has 0 radical (unpaired) electrons. The van der Waals surface area contributed by atoms with Gasteiger partial charge >= 0.3 is 0 Å². The molecule has 3 aromatic rings. The molecule has 0 bridgehead atoms. The van der Waals surface area contributed by atoms with Crippen LogP contribution in [0.3, 0.4) is 0 Å². The standard InChI is InChI=1S/C21H19N3O3S/c1-13-23-17(15-10-6-3-7-11-15)19(28-13)21(27)24-16(18(25)20(22)26)12-14-8-4-2-5-9-14/h2-11,16H,12H2,1H3,(H2,22,26)(H,24,27)/t16-/m0/s1. The first-order valence-electron chi connectivity index (χ1n) is 8.67. The Morgan fingerprint density at radius 3 is 2.25 bits per heavy atom. The lowest BCUT2D eigenvalue weighted by atomic mass is 10.0. The van der Waals surface area contributed by atoms with Crippen molar-refractivity contribution in [2.24, 2.45) is 5.73 Å². The zero-order valence-electron chi connectivity index (χ0n) is 15.2. The predicted octanol–water partition coefficient (Wildman–Crippen LogP) is 2.51. The Hall–Kier alpha value is -3.32. The number of nitrogens with two attached hydrogens (primary N) is 1. The summed E-state index contributed by atoms with van der Waals surface area (Å²) >= 11 is 1.24. The lowest BCUT2D eigenvalue weighted by molar-refractivity contribution is -0.137. The largest absolute Gasteiger partial charge is 0.363 e. The van der Waals surface area contributed by atoms with Crippen LogP contribution >= 0.6 is 11.3 Å². The second-order valence-electron chi connectivity index (χ2n) is 6.22. The summed E-state index contributed by atoms with van der Waals surface area (Å²) in [7, 11) is 0. The highest BCUT2D eigenvalue weighted by molar-refractivity contribution is 7.14. The van der Waals surface area contributed by atoms with Crippen LogP contribution in [0.1, 0.15) is 20.2 Å². The number of hydrogen-bond donors (Lipinski definition) is 2. The van der Waals surface area contributed by atoms with Gasteiger partial charge in [0.2, 0.25) is 5.78 Å². The molecule has 0 aliphatic rings. The molecule has 0 fully saturated rings. The topological polar surface area (TPSA) is 102 Å². The Morgan fingerprint density at radius 2 is 1.64 bits per heavy atom. The summed E-state index contributed by atoms with van der Waals surface area (Å²) in [4.78, 5) is 41.5. The van der Waals surface area contributed by atoms with Gasteiger partial charge in [-0.25, -0.2) is 4.98 Å². The van der Waals surface area contributed by atoms with Gasteiger partial charge in [-0.15, -0.1) is 11.3 Å². The molecule has 3 rings (SSSR count). The summed E-state index contributed by atoms with van der Waals surface area (Å²) in [5, 5.41) is 3.39. The van der Waals surface area contributed by atoms with Crippen molar-refractivity contribution in [3.63, 3.8) is 0 Å². The van der Waals surface area contributed by atoms with Crippen LogP contribution in [0.25, 0.3) is 11.3 Å². The minimum absolute atomic E-state index is 0.173. The average molecular weight is 393 g/mol. The van der Waals surface area contributed by atoms with Gasteiger partial charge in [-0.3, -0.25) is 14.4 Å². The van der Waals surface area contributed by atoms with Crippen LogP contribution in [0.5, 0.6) is 0 Å². The predicted molar refractivity (Wildman–Crippen MR) is 108 cm³/mol. The molecule has 6 nitrogen and oxygen atoms in total. The minimum atomic E-state index is -1.08. The molecule has 0 spiro atoms. The van der Waals surface area contributed by atoms with Gasteiger partial charge < -0.3 is 11.1 Å². The number of nitrogens with one attached hydrogen (secondary N) is 1. The number of rotatable bonds is 7. The molecule has 0 saturated heterocycles. The fraction of sp³-hybridized carbons (Fsp3) is 0.143. The van der Waals surface area contributed by atoms with Gasteiger partial charge in [0, 0.05) is 12.0 Å². The Morgan fingerprint density at radius 1 is 1.04 bits per heavy atom. The first-order valence-corrected chi connectivity index (χ1v) is 9.48. The van der Waals surface area contributed by atoms with Crippen LogP contribution in [-0.2, 0) is 16.0 Å². The first kappa shape index (κ1) is 19.4. The van der Waals surface area contributed by atoms with Gasteiger partial charge in [0.25, 0.3) is 11.8 Å². The number of carbonyl (C=O) groups is 3. The number of hydrogen-bond acceptors (Lipinski definition) is 5. The van der Waals surface area contributed by atoms with Gasteiger partial charge in [0.15, 0.2) is 0 Å². The Bertz CT molecular complexity index is 1000. The van der Waals surface area contributed by atoms with E-state index in [0.29, 0.717) is 10.6 Å². The quantitative estimate of drug-likeness (QED) is 0.602. The molecule has 0 aliphatic heterocycles. The highest BCUT2D eigenvalue weighted by Crippen LogP contribution is 2.28. The summed E-state index contributed by atoms with van der Waals surface area (Å²) in [6, 6.07) is 17.4. The Kier molecular flexibility index (Phi) is 5.96. The van der Waals surface area contributed by atoms with E-state index in [1.54, 1.807) is 0 Å². The number of ketones is 1. The molecule has 2 amide bonds. The summed E-state index contributed by atoms with van der Waals surface area (Å²) in [6.07, 6.45) is 0.173. The molecule has 0 saturated carbocycles. The van der Waals surface area contributed by atoms with E-state index in [2.05, 4.69) is 10.3 Å². The van der Waals surface area contributed by atoms with Gasteiger partial charge in [-0.2, -0.15) is 0 Å². The highest BCUT2D eigenvalue weighted by atomic mass is 32.1. The summed E-state index contributed by atoms with van der Waals surface area (Å²) in [5.74, 6) is -2.37. The number of thiazole rings is 1. The van der Waals surface area contributed by atoms with E-state index in [0.717, 1.165) is 16.1 Å². The zero-order chi connectivity index (χ0) is 20.1. The maximum atomic E-state index is 12.9. The van der Waals surface area contributed by atoms with Crippen molar-refractivity contribution >= 4 is 28.9 Å². The van der Waals surface area contributed by atoms with E-state index in [9.17, 15) is 14.4 Å². The van der Waals surface area contributed by atoms with Crippen molar-refractivity contribution in [3.8, 4) is 11.3 Å². The van der Waals surface area contributed by atoms with E-state index in [4.69, 9.17) is 5.73 Å². The highest BCUT2D eigenvalue weighted by Gasteiger charge is 2.28. The third kappa shape index (κ3) is 4.50. The average Bonchev–Trinajstić information content (AvgIpc) is 3.10. The van der Waals surface area contributed by atoms with Gasteiger partial charge in [-0.1, -0.05) is 60.7 Å². The smallest absolute Gasteiger partial charge is 0.287 e. The molecular weight excluding hydrogens is 374 g/mol. The fourth-order valence-corrected chi connectivity index (χ4v) is 3.67. The number of carbonyl (C=O) groups excluding carboxylic acids is 3. The van der Waals surface area contributed by atoms with Crippen molar-refractivity contribution in [2.75, 3.05) is 0 Å². The number of aromatic nitrogens is 1. The Balaban J connectivity index is 1.88. The SMILES string of the molecule is Cc1nc(-c2ccccc2)c(C(=O)N[C@@H](Cc2ccccc2)C(=O)C(N)=O)s1. The maximum Gasteiger partial charge on any atom is 0.287 e. The molecule has 0 unspecified atom stereocenters. The van der Waals surface area contributed by atoms with Crippen LogP contribution in [0.15, 0.2) is 60.7 Å². The molecule has 1 heterocycles. The van der Waals surface area contributed by atoms with Crippen LogP contribution < -0.4 is 11.1 Å². The van der Waals surface area contributed by atoms with E-state index < -0.39 is 23.6 Å². The number of amides is 2. The molecule has 2 aromatic carbocycles. The number of Topliss-reactive ketones (excluding diaryl/α,β-unsaturated/α-hetero) is 1. The molecule has 1 aromatic heterocycles. The molecule has 7 heteroatoms. The maximum absolute atomic E-state index is 12.9. The van der Waals surface area contributed by atoms with Gasteiger partial charge in [0.1, 0.15) is 10.9 Å².